The fourth-order valence-electron chi connectivity index (χ4n) is 1.87. The maximum Gasteiger partial charge on any atom is 0.0958 e. The first-order valence-electron chi connectivity index (χ1n) is 5.74. The number of hydrogen-bond acceptors (Lipinski definition) is 2. The topological polar surface area (TPSA) is 43.8 Å². The molecule has 2 aromatic rings. The molecule has 3 heteroatoms. The van der Waals surface area contributed by atoms with E-state index < -0.39 is 0 Å². The highest BCUT2D eigenvalue weighted by Gasteiger charge is 2.07. The molecule has 2 rings (SSSR count). The summed E-state index contributed by atoms with van der Waals surface area (Å²) in [5, 5.41) is 0. The number of aromatic nitrogens is 2. The Kier molecular flexibility index (Phi) is 2.97. The molecule has 0 aliphatic heterocycles. The first-order valence-corrected chi connectivity index (χ1v) is 5.74. The van der Waals surface area contributed by atoms with E-state index >= 15 is 0 Å². The summed E-state index contributed by atoms with van der Waals surface area (Å²) in [6.45, 7) is 8.07. The lowest BCUT2D eigenvalue weighted by molar-refractivity contribution is 0.500. The van der Waals surface area contributed by atoms with Gasteiger partial charge in [0.25, 0.3) is 0 Å². The number of aryl methyl sites for hydroxylation is 2. The summed E-state index contributed by atoms with van der Waals surface area (Å²) in [5.41, 5.74) is 10.6. The van der Waals surface area contributed by atoms with Crippen molar-refractivity contribution in [3.05, 3.63) is 29.6 Å². The molecule has 0 fully saturated rings. The van der Waals surface area contributed by atoms with Crippen molar-refractivity contribution in [2.75, 3.05) is 6.54 Å². The van der Waals surface area contributed by atoms with E-state index in [9.17, 15) is 0 Å². The zero-order valence-electron chi connectivity index (χ0n) is 10.2. The molecule has 86 valence electrons. The lowest BCUT2D eigenvalue weighted by atomic mass is 10.1. The number of hydrogen-bond donors (Lipinski definition) is 1. The van der Waals surface area contributed by atoms with Gasteiger partial charge in [-0.15, -0.1) is 0 Å². The number of nitrogens with two attached hydrogens (primary N) is 1. The standard InChI is InChI=1S/C13H19N3/c1-9(6-14)7-16-8-15-12-4-10(2)11(3)5-13(12)16/h4-5,8-9H,6-7,14H2,1-3H3. The third-order valence-electron chi connectivity index (χ3n) is 3.15. The molecule has 0 amide bonds. The zero-order chi connectivity index (χ0) is 11.7. The van der Waals surface area contributed by atoms with E-state index in [0.717, 1.165) is 12.1 Å². The Morgan fingerprint density at radius 1 is 1.31 bits per heavy atom. The molecule has 1 unspecified atom stereocenters. The van der Waals surface area contributed by atoms with Gasteiger partial charge in [0.2, 0.25) is 0 Å². The van der Waals surface area contributed by atoms with Crippen molar-refractivity contribution in [3.63, 3.8) is 0 Å². The average Bonchev–Trinajstić information content (AvgIpc) is 2.62. The highest BCUT2D eigenvalue weighted by molar-refractivity contribution is 5.77. The maximum atomic E-state index is 5.65. The van der Waals surface area contributed by atoms with Crippen LogP contribution in [0.15, 0.2) is 18.5 Å². The molecular formula is C13H19N3. The molecule has 1 aromatic heterocycles. The number of nitrogens with zero attached hydrogens (tertiary/aromatic N) is 2. The molecular weight excluding hydrogens is 198 g/mol. The quantitative estimate of drug-likeness (QED) is 0.857. The summed E-state index contributed by atoms with van der Waals surface area (Å²) in [7, 11) is 0. The fraction of sp³-hybridized carbons (Fsp3) is 0.462. The largest absolute Gasteiger partial charge is 0.330 e. The first-order chi connectivity index (χ1) is 7.61. The van der Waals surface area contributed by atoms with Crippen LogP contribution in [0.5, 0.6) is 0 Å². The van der Waals surface area contributed by atoms with Crippen LogP contribution in [0.2, 0.25) is 0 Å². The molecule has 0 saturated carbocycles. The van der Waals surface area contributed by atoms with Gasteiger partial charge in [0.05, 0.1) is 17.4 Å². The number of rotatable bonds is 3. The lowest BCUT2D eigenvalue weighted by Gasteiger charge is -2.10. The molecule has 1 aromatic carbocycles. The molecule has 0 aliphatic rings. The van der Waals surface area contributed by atoms with Gasteiger partial charge < -0.3 is 10.3 Å². The van der Waals surface area contributed by atoms with Gasteiger partial charge >= 0.3 is 0 Å². The highest BCUT2D eigenvalue weighted by Crippen LogP contribution is 2.19. The van der Waals surface area contributed by atoms with E-state index in [-0.39, 0.29) is 0 Å². The Hall–Kier alpha value is -1.35. The second-order valence-electron chi connectivity index (χ2n) is 4.66. The van der Waals surface area contributed by atoms with Crippen LogP contribution >= 0.6 is 0 Å². The van der Waals surface area contributed by atoms with Crippen molar-refractivity contribution in [2.45, 2.75) is 27.3 Å². The SMILES string of the molecule is Cc1cc2ncn(CC(C)CN)c2cc1C. The summed E-state index contributed by atoms with van der Waals surface area (Å²) in [4.78, 5) is 4.43. The zero-order valence-corrected chi connectivity index (χ0v) is 10.2. The molecule has 1 heterocycles. The normalized spacial score (nSPS) is 13.2. The Balaban J connectivity index is 2.44. The Morgan fingerprint density at radius 2 is 2.00 bits per heavy atom. The molecule has 2 N–H and O–H groups in total. The lowest BCUT2D eigenvalue weighted by Crippen LogP contribution is -2.16. The van der Waals surface area contributed by atoms with Gasteiger partial charge in [0.1, 0.15) is 0 Å². The van der Waals surface area contributed by atoms with E-state index in [2.05, 4.69) is 42.5 Å². The van der Waals surface area contributed by atoms with Crippen molar-refractivity contribution in [3.8, 4) is 0 Å². The van der Waals surface area contributed by atoms with Crippen molar-refractivity contribution in [2.24, 2.45) is 11.7 Å². The monoisotopic (exact) mass is 217 g/mol. The molecule has 3 nitrogen and oxygen atoms in total. The smallest absolute Gasteiger partial charge is 0.0958 e. The van der Waals surface area contributed by atoms with Crippen LogP contribution in [-0.4, -0.2) is 16.1 Å². The van der Waals surface area contributed by atoms with E-state index in [0.29, 0.717) is 12.5 Å². The minimum absolute atomic E-state index is 0.485. The number of benzene rings is 1. The van der Waals surface area contributed by atoms with Crippen LogP contribution in [0.1, 0.15) is 18.1 Å². The van der Waals surface area contributed by atoms with Crippen LogP contribution in [0.3, 0.4) is 0 Å². The Labute approximate surface area is 96.3 Å². The van der Waals surface area contributed by atoms with Gasteiger partial charge in [0, 0.05) is 6.54 Å². The number of fused-ring (bicyclic) bond motifs is 1. The van der Waals surface area contributed by atoms with Gasteiger partial charge in [0.15, 0.2) is 0 Å². The average molecular weight is 217 g/mol. The molecule has 0 spiro atoms. The van der Waals surface area contributed by atoms with Crippen molar-refractivity contribution in [1.82, 2.24) is 9.55 Å². The minimum Gasteiger partial charge on any atom is -0.330 e. The predicted molar refractivity (Wildman–Crippen MR) is 67.4 cm³/mol. The molecule has 0 bridgehead atoms. The van der Waals surface area contributed by atoms with Crippen LogP contribution in [0, 0.1) is 19.8 Å². The molecule has 0 aliphatic carbocycles. The van der Waals surface area contributed by atoms with Gasteiger partial charge in [-0.2, -0.15) is 0 Å². The van der Waals surface area contributed by atoms with Gasteiger partial charge in [-0.3, -0.25) is 0 Å². The Morgan fingerprint density at radius 3 is 2.69 bits per heavy atom. The molecule has 1 atom stereocenters. The second-order valence-corrected chi connectivity index (χ2v) is 4.66. The highest BCUT2D eigenvalue weighted by atomic mass is 15.0. The van der Waals surface area contributed by atoms with Crippen molar-refractivity contribution in [1.29, 1.82) is 0 Å². The number of imidazole rings is 1. The van der Waals surface area contributed by atoms with E-state index in [1.807, 2.05) is 6.33 Å². The van der Waals surface area contributed by atoms with Crippen LogP contribution in [0.25, 0.3) is 11.0 Å². The third kappa shape index (κ3) is 1.95. The summed E-state index contributed by atoms with van der Waals surface area (Å²) in [6, 6.07) is 4.36. The van der Waals surface area contributed by atoms with Crippen LogP contribution < -0.4 is 5.73 Å². The van der Waals surface area contributed by atoms with Gasteiger partial charge in [-0.25, -0.2) is 4.98 Å². The summed E-state index contributed by atoms with van der Waals surface area (Å²) >= 11 is 0. The van der Waals surface area contributed by atoms with Crippen molar-refractivity contribution < 1.29 is 0 Å². The fourth-order valence-corrected chi connectivity index (χ4v) is 1.87. The molecule has 0 saturated heterocycles. The van der Waals surface area contributed by atoms with Crippen LogP contribution in [-0.2, 0) is 6.54 Å². The van der Waals surface area contributed by atoms with Crippen LogP contribution in [0.4, 0.5) is 0 Å². The molecule has 16 heavy (non-hydrogen) atoms. The van der Waals surface area contributed by atoms with E-state index in [4.69, 9.17) is 5.73 Å². The summed E-state index contributed by atoms with van der Waals surface area (Å²) < 4.78 is 2.19. The second kappa shape index (κ2) is 4.26. The van der Waals surface area contributed by atoms with E-state index in [1.54, 1.807) is 0 Å². The summed E-state index contributed by atoms with van der Waals surface area (Å²) in [5.74, 6) is 0.485. The van der Waals surface area contributed by atoms with Gasteiger partial charge in [-0.05, 0) is 49.6 Å². The van der Waals surface area contributed by atoms with E-state index in [1.165, 1.54) is 16.6 Å². The molecule has 0 radical (unpaired) electrons. The van der Waals surface area contributed by atoms with Crippen molar-refractivity contribution >= 4 is 11.0 Å². The summed E-state index contributed by atoms with van der Waals surface area (Å²) in [6.07, 6.45) is 1.91. The first kappa shape index (κ1) is 11.1. The maximum absolute atomic E-state index is 5.65. The predicted octanol–water partition coefficient (Wildman–Crippen LogP) is 2.25. The minimum atomic E-state index is 0.485. The van der Waals surface area contributed by atoms with Gasteiger partial charge in [-0.1, -0.05) is 6.92 Å². The Bertz CT molecular complexity index is 499. The third-order valence-corrected chi connectivity index (χ3v) is 3.15.